The number of aromatic nitrogens is 2. The van der Waals surface area contributed by atoms with Gasteiger partial charge in [0.1, 0.15) is 0 Å². The number of hydrogen-bond donors (Lipinski definition) is 0. The summed E-state index contributed by atoms with van der Waals surface area (Å²) in [6.45, 7) is 14.0. The lowest BCUT2D eigenvalue weighted by atomic mass is 10.0. The molecular formula is C18H31N5O2. The monoisotopic (exact) mass is 349 g/mol. The Kier molecular flexibility index (Phi) is 5.74. The second-order valence-electron chi connectivity index (χ2n) is 7.47. The molecule has 3 unspecified atom stereocenters. The maximum absolute atomic E-state index is 11.6. The van der Waals surface area contributed by atoms with Gasteiger partial charge < -0.3 is 9.42 Å². The quantitative estimate of drug-likeness (QED) is 0.822. The Hall–Kier alpha value is -1.47. The first-order valence-electron chi connectivity index (χ1n) is 9.55. The number of nitrogens with zero attached hydrogens (tertiary/aromatic N) is 5. The van der Waals surface area contributed by atoms with Gasteiger partial charge in [0.25, 0.3) is 0 Å². The van der Waals surface area contributed by atoms with Crippen LogP contribution in [0.5, 0.6) is 0 Å². The van der Waals surface area contributed by atoms with Gasteiger partial charge in [-0.2, -0.15) is 4.98 Å². The number of aryl methyl sites for hydroxylation is 1. The summed E-state index contributed by atoms with van der Waals surface area (Å²) >= 11 is 0. The Morgan fingerprint density at radius 3 is 2.76 bits per heavy atom. The van der Waals surface area contributed by atoms with Crippen LogP contribution in [0.25, 0.3) is 0 Å². The third-order valence-corrected chi connectivity index (χ3v) is 5.75. The molecular weight excluding hydrogens is 318 g/mol. The summed E-state index contributed by atoms with van der Waals surface area (Å²) in [4.78, 5) is 23.2. The van der Waals surface area contributed by atoms with Gasteiger partial charge in [-0.25, -0.2) is 0 Å². The minimum absolute atomic E-state index is 0.154. The van der Waals surface area contributed by atoms with Crippen LogP contribution >= 0.6 is 0 Å². The highest BCUT2D eigenvalue weighted by Crippen LogP contribution is 2.29. The Bertz CT molecular complexity index is 590. The van der Waals surface area contributed by atoms with Gasteiger partial charge in [0.2, 0.25) is 11.8 Å². The van der Waals surface area contributed by atoms with Crippen molar-refractivity contribution < 1.29 is 9.32 Å². The van der Waals surface area contributed by atoms with Crippen LogP contribution in [-0.4, -0.2) is 76.1 Å². The lowest BCUT2D eigenvalue weighted by Gasteiger charge is -2.30. The molecule has 1 amide bonds. The van der Waals surface area contributed by atoms with Crippen molar-refractivity contribution >= 4 is 5.91 Å². The van der Waals surface area contributed by atoms with Gasteiger partial charge in [0, 0.05) is 58.7 Å². The molecule has 25 heavy (non-hydrogen) atoms. The summed E-state index contributed by atoms with van der Waals surface area (Å²) in [5.41, 5.74) is 0. The zero-order chi connectivity index (χ0) is 18.0. The number of carbonyl (C=O) groups excluding carboxylic acids is 1. The summed E-state index contributed by atoms with van der Waals surface area (Å²) in [6, 6.07) is 0.684. The predicted molar refractivity (Wildman–Crippen MR) is 95.1 cm³/mol. The number of amides is 1. The van der Waals surface area contributed by atoms with Crippen molar-refractivity contribution in [3.05, 3.63) is 11.7 Å². The van der Waals surface area contributed by atoms with E-state index in [1.54, 1.807) is 6.92 Å². The molecule has 3 rings (SSSR count). The summed E-state index contributed by atoms with van der Waals surface area (Å²) in [7, 11) is 0. The number of likely N-dealkylation sites (tertiary alicyclic amines) is 1. The van der Waals surface area contributed by atoms with Crippen molar-refractivity contribution in [1.29, 1.82) is 0 Å². The van der Waals surface area contributed by atoms with Crippen molar-refractivity contribution in [3.8, 4) is 0 Å². The normalized spacial score (nSPS) is 27.4. The minimum Gasteiger partial charge on any atom is -0.342 e. The molecule has 0 aliphatic carbocycles. The maximum atomic E-state index is 11.6. The summed E-state index contributed by atoms with van der Waals surface area (Å²) in [5.74, 6) is 2.30. The fourth-order valence-corrected chi connectivity index (χ4v) is 4.10. The third-order valence-electron chi connectivity index (χ3n) is 5.75. The van der Waals surface area contributed by atoms with E-state index >= 15 is 0 Å². The van der Waals surface area contributed by atoms with Crippen LogP contribution in [-0.2, 0) is 11.2 Å². The van der Waals surface area contributed by atoms with Crippen LogP contribution in [0, 0.1) is 5.92 Å². The molecule has 2 saturated heterocycles. The van der Waals surface area contributed by atoms with Gasteiger partial charge in [-0.3, -0.25) is 14.6 Å². The van der Waals surface area contributed by atoms with Crippen molar-refractivity contribution in [3.63, 3.8) is 0 Å². The van der Waals surface area contributed by atoms with Crippen molar-refractivity contribution in [2.24, 2.45) is 5.92 Å². The summed E-state index contributed by atoms with van der Waals surface area (Å²) in [5, 5.41) is 4.03. The number of carbonyl (C=O) groups is 1. The molecule has 0 radical (unpaired) electrons. The second-order valence-corrected chi connectivity index (χ2v) is 7.47. The highest BCUT2D eigenvalue weighted by atomic mass is 16.5. The van der Waals surface area contributed by atoms with Gasteiger partial charge in [-0.05, 0) is 19.3 Å². The van der Waals surface area contributed by atoms with Gasteiger partial charge in [0.05, 0.1) is 6.04 Å². The van der Waals surface area contributed by atoms with E-state index in [1.165, 1.54) is 0 Å². The largest absolute Gasteiger partial charge is 0.342 e. The first-order chi connectivity index (χ1) is 12.0. The molecule has 0 N–H and O–H groups in total. The predicted octanol–water partition coefficient (Wildman–Crippen LogP) is 1.57. The van der Waals surface area contributed by atoms with Crippen molar-refractivity contribution in [1.82, 2.24) is 24.8 Å². The van der Waals surface area contributed by atoms with Gasteiger partial charge in [-0.1, -0.05) is 19.0 Å². The highest BCUT2D eigenvalue weighted by molar-refractivity contribution is 5.73. The van der Waals surface area contributed by atoms with Crippen LogP contribution in [0.1, 0.15) is 51.9 Å². The minimum atomic E-state index is 0.154. The van der Waals surface area contributed by atoms with E-state index in [4.69, 9.17) is 4.52 Å². The van der Waals surface area contributed by atoms with Gasteiger partial charge in [0.15, 0.2) is 5.82 Å². The Morgan fingerprint density at radius 1 is 1.28 bits per heavy atom. The maximum Gasteiger partial charge on any atom is 0.243 e. The lowest BCUT2D eigenvalue weighted by Crippen LogP contribution is -2.43. The third kappa shape index (κ3) is 4.03. The SMILES string of the molecule is CCc1noc(C(C)N2CC(C)C(N3CCCN(C(C)=O)CC3)C2)n1. The van der Waals surface area contributed by atoms with E-state index in [2.05, 4.69) is 33.8 Å². The van der Waals surface area contributed by atoms with Crippen molar-refractivity contribution in [2.75, 3.05) is 39.3 Å². The van der Waals surface area contributed by atoms with E-state index < -0.39 is 0 Å². The molecule has 1 aromatic rings. The standard InChI is InChI=1S/C18H31N5O2/c1-5-17-19-18(25-20-17)14(3)23-11-13(2)16(12-23)22-8-6-7-21(9-10-22)15(4)24/h13-14,16H,5-12H2,1-4H3. The molecule has 140 valence electrons. The Labute approximate surface area is 150 Å². The number of hydrogen-bond acceptors (Lipinski definition) is 6. The average Bonchev–Trinajstić information content (AvgIpc) is 3.14. The molecule has 1 aromatic heterocycles. The molecule has 2 aliphatic heterocycles. The van der Waals surface area contributed by atoms with Crippen LogP contribution in [0.15, 0.2) is 4.52 Å². The zero-order valence-corrected chi connectivity index (χ0v) is 15.9. The van der Waals surface area contributed by atoms with Crippen LogP contribution in [0.3, 0.4) is 0 Å². The fraction of sp³-hybridized carbons (Fsp3) is 0.833. The molecule has 3 heterocycles. The molecule has 0 bridgehead atoms. The van der Waals surface area contributed by atoms with Crippen LogP contribution in [0.2, 0.25) is 0 Å². The molecule has 0 spiro atoms. The Morgan fingerprint density at radius 2 is 2.08 bits per heavy atom. The molecule has 2 fully saturated rings. The molecule has 7 nitrogen and oxygen atoms in total. The van der Waals surface area contributed by atoms with E-state index in [0.29, 0.717) is 12.0 Å². The van der Waals surface area contributed by atoms with Crippen LogP contribution < -0.4 is 0 Å². The molecule has 7 heteroatoms. The van der Waals surface area contributed by atoms with Crippen LogP contribution in [0.4, 0.5) is 0 Å². The molecule has 0 saturated carbocycles. The summed E-state index contributed by atoms with van der Waals surface area (Å²) < 4.78 is 5.45. The van der Waals surface area contributed by atoms with E-state index in [-0.39, 0.29) is 11.9 Å². The molecule has 3 atom stereocenters. The molecule has 2 aliphatic rings. The topological polar surface area (TPSA) is 65.7 Å². The first-order valence-corrected chi connectivity index (χ1v) is 9.55. The van der Waals surface area contributed by atoms with E-state index in [9.17, 15) is 4.79 Å². The average molecular weight is 349 g/mol. The van der Waals surface area contributed by atoms with E-state index in [0.717, 1.165) is 63.8 Å². The smallest absolute Gasteiger partial charge is 0.243 e. The molecule has 0 aromatic carbocycles. The second kappa shape index (κ2) is 7.83. The number of rotatable bonds is 4. The Balaban J connectivity index is 1.61. The van der Waals surface area contributed by atoms with E-state index in [1.807, 2.05) is 11.8 Å². The van der Waals surface area contributed by atoms with Crippen molar-refractivity contribution in [2.45, 2.75) is 52.6 Å². The van der Waals surface area contributed by atoms with Gasteiger partial charge >= 0.3 is 0 Å². The summed E-state index contributed by atoms with van der Waals surface area (Å²) in [6.07, 6.45) is 1.86. The fourth-order valence-electron chi connectivity index (χ4n) is 4.10. The lowest BCUT2D eigenvalue weighted by molar-refractivity contribution is -0.128. The first kappa shape index (κ1) is 18.3. The highest BCUT2D eigenvalue weighted by Gasteiger charge is 2.38. The van der Waals surface area contributed by atoms with Gasteiger partial charge in [-0.15, -0.1) is 0 Å². The zero-order valence-electron chi connectivity index (χ0n) is 15.9.